The maximum atomic E-state index is 13.5. The van der Waals surface area contributed by atoms with Crippen LogP contribution in [0.1, 0.15) is 41.7 Å². The standard InChI is InChI=1S/C23H24N4O2S2/c1-14-8-4-5-9-17(14)27-21(29)19-15(2)16(3)31-20(19)25-22(27)30-12-18(28)26-23(13-24)10-6-7-11-23/h4-5,8-9H,6-7,10-12H2,1-3H3,(H,26,28). The molecule has 0 aliphatic heterocycles. The number of aromatic nitrogens is 2. The van der Waals surface area contributed by atoms with Gasteiger partial charge in [0, 0.05) is 4.88 Å². The third kappa shape index (κ3) is 4.00. The van der Waals surface area contributed by atoms with Crippen molar-refractivity contribution in [3.05, 3.63) is 50.6 Å². The Labute approximate surface area is 189 Å². The lowest BCUT2D eigenvalue weighted by Crippen LogP contribution is -2.45. The molecule has 2 aromatic heterocycles. The van der Waals surface area contributed by atoms with E-state index in [0.29, 0.717) is 28.2 Å². The Morgan fingerprint density at radius 1 is 1.29 bits per heavy atom. The number of thioether (sulfide) groups is 1. The first kappa shape index (κ1) is 21.6. The van der Waals surface area contributed by atoms with E-state index >= 15 is 0 Å². The molecule has 0 atom stereocenters. The van der Waals surface area contributed by atoms with Gasteiger partial charge in [-0.1, -0.05) is 30.0 Å². The Balaban J connectivity index is 1.72. The fraction of sp³-hybridized carbons (Fsp3) is 0.391. The van der Waals surface area contributed by atoms with Crippen molar-refractivity contribution in [3.63, 3.8) is 0 Å². The van der Waals surface area contributed by atoms with Gasteiger partial charge in [0.15, 0.2) is 5.16 Å². The zero-order valence-electron chi connectivity index (χ0n) is 17.8. The predicted octanol–water partition coefficient (Wildman–Crippen LogP) is 4.42. The molecule has 1 aromatic carbocycles. The Kier molecular flexibility index (Phi) is 5.91. The smallest absolute Gasteiger partial charge is 0.267 e. The van der Waals surface area contributed by atoms with Gasteiger partial charge in [-0.2, -0.15) is 5.26 Å². The number of fused-ring (bicyclic) bond motifs is 1. The first-order valence-electron chi connectivity index (χ1n) is 10.3. The molecule has 0 bridgehead atoms. The summed E-state index contributed by atoms with van der Waals surface area (Å²) >= 11 is 2.73. The van der Waals surface area contributed by atoms with Crippen molar-refractivity contribution in [2.75, 3.05) is 5.75 Å². The molecular formula is C23H24N4O2S2. The Bertz CT molecular complexity index is 1260. The molecule has 1 aliphatic carbocycles. The van der Waals surface area contributed by atoms with Crippen LogP contribution in [0.4, 0.5) is 0 Å². The molecule has 1 saturated carbocycles. The van der Waals surface area contributed by atoms with Crippen LogP contribution in [0.25, 0.3) is 15.9 Å². The van der Waals surface area contributed by atoms with E-state index in [-0.39, 0.29) is 17.2 Å². The van der Waals surface area contributed by atoms with Gasteiger partial charge in [-0.3, -0.25) is 14.2 Å². The molecule has 0 spiro atoms. The van der Waals surface area contributed by atoms with Crippen LogP contribution in [0.3, 0.4) is 0 Å². The van der Waals surface area contributed by atoms with Gasteiger partial charge in [0.2, 0.25) is 5.91 Å². The summed E-state index contributed by atoms with van der Waals surface area (Å²) in [5, 5.41) is 13.6. The summed E-state index contributed by atoms with van der Waals surface area (Å²) in [5.41, 5.74) is 1.79. The first-order valence-corrected chi connectivity index (χ1v) is 12.1. The molecule has 8 heteroatoms. The number of carbonyl (C=O) groups is 1. The molecule has 3 aromatic rings. The van der Waals surface area contributed by atoms with Gasteiger partial charge >= 0.3 is 0 Å². The number of hydrogen-bond donors (Lipinski definition) is 1. The van der Waals surface area contributed by atoms with Crippen molar-refractivity contribution >= 4 is 39.2 Å². The third-order valence-corrected chi connectivity index (χ3v) is 7.95. The number of nitriles is 1. The van der Waals surface area contributed by atoms with E-state index in [2.05, 4.69) is 11.4 Å². The van der Waals surface area contributed by atoms with Gasteiger partial charge in [0.05, 0.1) is 22.9 Å². The van der Waals surface area contributed by atoms with Crippen LogP contribution >= 0.6 is 23.1 Å². The van der Waals surface area contributed by atoms with Gasteiger partial charge in [0.25, 0.3) is 5.56 Å². The van der Waals surface area contributed by atoms with E-state index in [1.54, 1.807) is 4.57 Å². The number of amides is 1. The number of hydrogen-bond acceptors (Lipinski definition) is 6. The van der Waals surface area contributed by atoms with Crippen molar-refractivity contribution in [1.82, 2.24) is 14.9 Å². The number of nitrogens with zero attached hydrogens (tertiary/aromatic N) is 3. The monoisotopic (exact) mass is 452 g/mol. The third-order valence-electron chi connectivity index (χ3n) is 5.91. The lowest BCUT2D eigenvalue weighted by atomic mass is 10.0. The molecule has 0 saturated heterocycles. The summed E-state index contributed by atoms with van der Waals surface area (Å²) in [6.45, 7) is 5.89. The molecule has 31 heavy (non-hydrogen) atoms. The number of para-hydroxylation sites is 1. The highest BCUT2D eigenvalue weighted by Crippen LogP contribution is 2.31. The Hall–Kier alpha value is -2.63. The number of thiophene rings is 1. The summed E-state index contributed by atoms with van der Waals surface area (Å²) in [7, 11) is 0. The van der Waals surface area contributed by atoms with Gasteiger partial charge in [0.1, 0.15) is 10.4 Å². The minimum atomic E-state index is -0.757. The van der Waals surface area contributed by atoms with Gasteiger partial charge in [-0.25, -0.2) is 4.98 Å². The first-order chi connectivity index (χ1) is 14.8. The van der Waals surface area contributed by atoms with E-state index in [0.717, 1.165) is 34.5 Å². The lowest BCUT2D eigenvalue weighted by Gasteiger charge is -2.22. The zero-order chi connectivity index (χ0) is 22.2. The molecule has 2 heterocycles. The average Bonchev–Trinajstić information content (AvgIpc) is 3.32. The van der Waals surface area contributed by atoms with E-state index < -0.39 is 5.54 Å². The largest absolute Gasteiger partial charge is 0.337 e. The second-order valence-electron chi connectivity index (χ2n) is 8.02. The van der Waals surface area contributed by atoms with E-state index in [1.165, 1.54) is 23.1 Å². The Morgan fingerprint density at radius 2 is 2.00 bits per heavy atom. The molecule has 6 nitrogen and oxygen atoms in total. The minimum Gasteiger partial charge on any atom is -0.337 e. The summed E-state index contributed by atoms with van der Waals surface area (Å²) in [6.07, 6.45) is 3.27. The minimum absolute atomic E-state index is 0.0938. The maximum absolute atomic E-state index is 13.5. The Morgan fingerprint density at radius 3 is 2.68 bits per heavy atom. The zero-order valence-corrected chi connectivity index (χ0v) is 19.5. The fourth-order valence-electron chi connectivity index (χ4n) is 4.08. The number of rotatable bonds is 5. The van der Waals surface area contributed by atoms with Crippen molar-refractivity contribution in [3.8, 4) is 11.8 Å². The molecule has 160 valence electrons. The quantitative estimate of drug-likeness (QED) is 0.457. The second-order valence-corrected chi connectivity index (χ2v) is 10.2. The van der Waals surface area contributed by atoms with Crippen LogP contribution in [0, 0.1) is 32.1 Å². The highest BCUT2D eigenvalue weighted by molar-refractivity contribution is 7.99. The van der Waals surface area contributed by atoms with E-state index in [1.807, 2.05) is 45.0 Å². The molecule has 4 rings (SSSR count). The van der Waals surface area contributed by atoms with Crippen molar-refractivity contribution in [2.24, 2.45) is 0 Å². The molecule has 1 fully saturated rings. The lowest BCUT2D eigenvalue weighted by molar-refractivity contribution is -0.119. The predicted molar refractivity (Wildman–Crippen MR) is 125 cm³/mol. The maximum Gasteiger partial charge on any atom is 0.267 e. The highest BCUT2D eigenvalue weighted by atomic mass is 32.2. The van der Waals surface area contributed by atoms with Crippen LogP contribution < -0.4 is 10.9 Å². The van der Waals surface area contributed by atoms with Gasteiger partial charge in [-0.15, -0.1) is 11.3 Å². The fourth-order valence-corrected chi connectivity index (χ4v) is 5.95. The molecule has 1 amide bonds. The second kappa shape index (κ2) is 8.48. The molecule has 0 radical (unpaired) electrons. The topological polar surface area (TPSA) is 87.8 Å². The normalized spacial score (nSPS) is 15.2. The SMILES string of the molecule is Cc1ccccc1-n1c(SCC(=O)NC2(C#N)CCCC2)nc2sc(C)c(C)c2c1=O. The van der Waals surface area contributed by atoms with Crippen LogP contribution in [-0.4, -0.2) is 26.8 Å². The highest BCUT2D eigenvalue weighted by Gasteiger charge is 2.35. The number of carbonyl (C=O) groups excluding carboxylic acids is 1. The average molecular weight is 453 g/mol. The van der Waals surface area contributed by atoms with Gasteiger partial charge in [-0.05, 0) is 63.6 Å². The summed E-state index contributed by atoms with van der Waals surface area (Å²) < 4.78 is 1.62. The number of aryl methyl sites for hydroxylation is 3. The van der Waals surface area contributed by atoms with Crippen molar-refractivity contribution in [1.29, 1.82) is 5.26 Å². The molecule has 1 aliphatic rings. The number of nitrogens with one attached hydrogen (secondary N) is 1. The molecule has 1 N–H and O–H groups in total. The molecule has 0 unspecified atom stereocenters. The van der Waals surface area contributed by atoms with Gasteiger partial charge < -0.3 is 5.32 Å². The van der Waals surface area contributed by atoms with Crippen LogP contribution in [0.2, 0.25) is 0 Å². The summed E-state index contributed by atoms with van der Waals surface area (Å²) in [5.74, 6) is -0.117. The van der Waals surface area contributed by atoms with Crippen molar-refractivity contribution in [2.45, 2.75) is 57.1 Å². The summed E-state index contributed by atoms with van der Waals surface area (Å²) in [6, 6.07) is 9.95. The van der Waals surface area contributed by atoms with Crippen LogP contribution in [0.15, 0.2) is 34.2 Å². The summed E-state index contributed by atoms with van der Waals surface area (Å²) in [4.78, 5) is 32.7. The molecular weight excluding hydrogens is 428 g/mol. The van der Waals surface area contributed by atoms with Crippen LogP contribution in [0.5, 0.6) is 0 Å². The number of benzene rings is 1. The van der Waals surface area contributed by atoms with E-state index in [9.17, 15) is 14.9 Å². The van der Waals surface area contributed by atoms with Crippen molar-refractivity contribution < 1.29 is 4.79 Å². The van der Waals surface area contributed by atoms with E-state index in [4.69, 9.17) is 4.98 Å². The van der Waals surface area contributed by atoms with Crippen LogP contribution in [-0.2, 0) is 4.79 Å².